The minimum Gasteiger partial charge on any atom is -0.396 e. The maximum atomic E-state index is 8.86. The van der Waals surface area contributed by atoms with Crippen molar-refractivity contribution >= 4 is 0 Å². The highest BCUT2D eigenvalue weighted by Crippen LogP contribution is 2.25. The van der Waals surface area contributed by atoms with E-state index in [1.165, 1.54) is 0 Å². The van der Waals surface area contributed by atoms with Gasteiger partial charge in [0.1, 0.15) is 0 Å². The molecule has 1 heterocycles. The van der Waals surface area contributed by atoms with E-state index in [4.69, 9.17) is 14.6 Å². The van der Waals surface area contributed by atoms with Gasteiger partial charge in [-0.3, -0.25) is 4.90 Å². The summed E-state index contributed by atoms with van der Waals surface area (Å²) >= 11 is 0. The monoisotopic (exact) mass is 189 g/mol. The Balaban J connectivity index is 2.24. The summed E-state index contributed by atoms with van der Waals surface area (Å²) in [4.78, 5) is 2.22. The second-order valence-electron chi connectivity index (χ2n) is 3.78. The van der Waals surface area contributed by atoms with Crippen molar-refractivity contribution in [3.05, 3.63) is 0 Å². The predicted molar refractivity (Wildman–Crippen MR) is 49.4 cm³/mol. The molecule has 0 amide bonds. The van der Waals surface area contributed by atoms with Gasteiger partial charge in [0.2, 0.25) is 0 Å². The van der Waals surface area contributed by atoms with E-state index in [1.807, 2.05) is 6.92 Å². The number of nitrogens with zero attached hydrogens (tertiary/aromatic N) is 1. The molecule has 1 unspecified atom stereocenters. The molecule has 0 aromatic heterocycles. The summed E-state index contributed by atoms with van der Waals surface area (Å²) in [5.74, 6) is -0.0680. The second-order valence-corrected chi connectivity index (χ2v) is 3.78. The fourth-order valence-corrected chi connectivity index (χ4v) is 1.60. The minimum atomic E-state index is -0.394. The Hall–Kier alpha value is -0.160. The fourth-order valence-electron chi connectivity index (χ4n) is 1.60. The van der Waals surface area contributed by atoms with Crippen LogP contribution in [0.25, 0.3) is 0 Å². The summed E-state index contributed by atoms with van der Waals surface area (Å²) in [6.07, 6.45) is 0. The third kappa shape index (κ3) is 2.40. The largest absolute Gasteiger partial charge is 0.396 e. The van der Waals surface area contributed by atoms with Crippen LogP contribution in [0.3, 0.4) is 0 Å². The molecule has 1 saturated heterocycles. The zero-order valence-corrected chi connectivity index (χ0v) is 8.62. The number of rotatable bonds is 5. The number of likely N-dealkylation sites (tertiary alicyclic amines) is 1. The number of ether oxygens (including phenoxy) is 2. The van der Waals surface area contributed by atoms with Gasteiger partial charge in [-0.15, -0.1) is 0 Å². The highest BCUT2D eigenvalue weighted by Gasteiger charge is 2.43. The first-order valence-corrected chi connectivity index (χ1v) is 4.59. The second kappa shape index (κ2) is 4.37. The normalized spacial score (nSPS) is 24.0. The first-order chi connectivity index (χ1) is 6.15. The molecule has 0 aromatic carbocycles. The van der Waals surface area contributed by atoms with E-state index in [0.29, 0.717) is 5.92 Å². The summed E-state index contributed by atoms with van der Waals surface area (Å²) in [6, 6.07) is 0. The van der Waals surface area contributed by atoms with Crippen LogP contribution in [-0.4, -0.2) is 56.3 Å². The van der Waals surface area contributed by atoms with Crippen LogP contribution in [0.1, 0.15) is 6.92 Å². The SMILES string of the molecule is COC1(OC)CN(CC(C)CO)C1. The van der Waals surface area contributed by atoms with Gasteiger partial charge in [0.05, 0.1) is 13.1 Å². The molecule has 13 heavy (non-hydrogen) atoms. The van der Waals surface area contributed by atoms with E-state index in [0.717, 1.165) is 19.6 Å². The van der Waals surface area contributed by atoms with E-state index in [9.17, 15) is 0 Å². The molecular formula is C9H19NO3. The molecule has 1 fully saturated rings. The van der Waals surface area contributed by atoms with Crippen molar-refractivity contribution in [1.29, 1.82) is 0 Å². The number of methoxy groups -OCH3 is 2. The lowest BCUT2D eigenvalue weighted by Gasteiger charge is -2.48. The molecule has 1 N–H and O–H groups in total. The Morgan fingerprint density at radius 1 is 1.38 bits per heavy atom. The highest BCUT2D eigenvalue weighted by atomic mass is 16.7. The molecule has 0 bridgehead atoms. The summed E-state index contributed by atoms with van der Waals surface area (Å²) in [6.45, 7) is 4.77. The first kappa shape index (κ1) is 10.9. The van der Waals surface area contributed by atoms with Crippen molar-refractivity contribution < 1.29 is 14.6 Å². The van der Waals surface area contributed by atoms with E-state index >= 15 is 0 Å². The van der Waals surface area contributed by atoms with Crippen LogP contribution >= 0.6 is 0 Å². The molecule has 1 atom stereocenters. The quantitative estimate of drug-likeness (QED) is 0.614. The minimum absolute atomic E-state index is 0.240. The topological polar surface area (TPSA) is 41.9 Å². The van der Waals surface area contributed by atoms with Crippen LogP contribution in [-0.2, 0) is 9.47 Å². The average Bonchev–Trinajstić information content (AvgIpc) is 2.10. The maximum Gasteiger partial charge on any atom is 0.193 e. The third-order valence-electron chi connectivity index (χ3n) is 2.55. The summed E-state index contributed by atoms with van der Waals surface area (Å²) < 4.78 is 10.5. The van der Waals surface area contributed by atoms with Gasteiger partial charge in [0.25, 0.3) is 0 Å². The summed E-state index contributed by atoms with van der Waals surface area (Å²) in [5.41, 5.74) is 0. The van der Waals surface area contributed by atoms with Crippen LogP contribution in [0.4, 0.5) is 0 Å². The lowest BCUT2D eigenvalue weighted by molar-refractivity contribution is -0.276. The number of hydrogen-bond acceptors (Lipinski definition) is 4. The Morgan fingerprint density at radius 2 is 1.92 bits per heavy atom. The Morgan fingerprint density at radius 3 is 2.31 bits per heavy atom. The molecule has 0 radical (unpaired) electrons. The first-order valence-electron chi connectivity index (χ1n) is 4.59. The van der Waals surface area contributed by atoms with Crippen molar-refractivity contribution in [2.24, 2.45) is 5.92 Å². The van der Waals surface area contributed by atoms with Gasteiger partial charge in [-0.2, -0.15) is 0 Å². The Labute approximate surface area is 79.4 Å². The predicted octanol–water partition coefficient (Wildman–Crippen LogP) is -0.0805. The number of aliphatic hydroxyl groups is 1. The van der Waals surface area contributed by atoms with Crippen molar-refractivity contribution in [2.45, 2.75) is 12.7 Å². The van der Waals surface area contributed by atoms with Gasteiger partial charge in [-0.25, -0.2) is 0 Å². The van der Waals surface area contributed by atoms with Crippen molar-refractivity contribution in [3.8, 4) is 0 Å². The van der Waals surface area contributed by atoms with Gasteiger partial charge in [-0.05, 0) is 5.92 Å². The van der Waals surface area contributed by atoms with Crippen LogP contribution in [0.2, 0.25) is 0 Å². The van der Waals surface area contributed by atoms with Crippen LogP contribution in [0.15, 0.2) is 0 Å². The van der Waals surface area contributed by atoms with E-state index in [2.05, 4.69) is 4.90 Å². The van der Waals surface area contributed by atoms with E-state index in [1.54, 1.807) is 14.2 Å². The number of aliphatic hydroxyl groups excluding tert-OH is 1. The lowest BCUT2D eigenvalue weighted by atomic mass is 10.0. The van der Waals surface area contributed by atoms with Gasteiger partial charge < -0.3 is 14.6 Å². The average molecular weight is 189 g/mol. The van der Waals surface area contributed by atoms with Crippen LogP contribution < -0.4 is 0 Å². The maximum absolute atomic E-state index is 8.86. The van der Waals surface area contributed by atoms with Gasteiger partial charge in [0.15, 0.2) is 5.79 Å². The van der Waals surface area contributed by atoms with Gasteiger partial charge >= 0.3 is 0 Å². The van der Waals surface area contributed by atoms with E-state index in [-0.39, 0.29) is 6.61 Å². The Kier molecular flexibility index (Phi) is 3.67. The zero-order chi connectivity index (χ0) is 9.90. The fraction of sp³-hybridized carbons (Fsp3) is 1.00. The molecule has 1 aliphatic rings. The zero-order valence-electron chi connectivity index (χ0n) is 8.62. The van der Waals surface area contributed by atoms with Crippen molar-refractivity contribution in [1.82, 2.24) is 4.90 Å². The van der Waals surface area contributed by atoms with Crippen LogP contribution in [0.5, 0.6) is 0 Å². The molecule has 1 aliphatic heterocycles. The molecule has 4 nitrogen and oxygen atoms in total. The molecule has 78 valence electrons. The molecule has 0 aliphatic carbocycles. The Bertz CT molecular complexity index is 151. The van der Waals surface area contributed by atoms with Crippen molar-refractivity contribution in [2.75, 3.05) is 40.5 Å². The van der Waals surface area contributed by atoms with E-state index < -0.39 is 5.79 Å². The smallest absolute Gasteiger partial charge is 0.193 e. The lowest BCUT2D eigenvalue weighted by Crippen LogP contribution is -2.64. The van der Waals surface area contributed by atoms with Crippen LogP contribution in [0, 0.1) is 5.92 Å². The number of hydrogen-bond donors (Lipinski definition) is 1. The molecule has 0 saturated carbocycles. The summed E-state index contributed by atoms with van der Waals surface area (Å²) in [5, 5.41) is 8.86. The molecule has 1 rings (SSSR count). The molecular weight excluding hydrogens is 170 g/mol. The summed E-state index contributed by atoms with van der Waals surface area (Å²) in [7, 11) is 3.33. The molecule has 0 spiro atoms. The van der Waals surface area contributed by atoms with Gasteiger partial charge in [0, 0.05) is 27.4 Å². The molecule has 4 heteroatoms. The van der Waals surface area contributed by atoms with Crippen molar-refractivity contribution in [3.63, 3.8) is 0 Å². The van der Waals surface area contributed by atoms with Gasteiger partial charge in [-0.1, -0.05) is 6.92 Å². The molecule has 0 aromatic rings. The third-order valence-corrected chi connectivity index (χ3v) is 2.55. The standard InChI is InChI=1S/C9H19NO3/c1-8(5-11)4-10-6-9(7-10,12-2)13-3/h8,11H,4-7H2,1-3H3. The highest BCUT2D eigenvalue weighted by molar-refractivity contribution is 4.89.